The van der Waals surface area contributed by atoms with E-state index in [9.17, 15) is 22.8 Å². The first-order valence-corrected chi connectivity index (χ1v) is 9.57. The average Bonchev–Trinajstić information content (AvgIpc) is 3.20. The minimum absolute atomic E-state index is 0. The highest BCUT2D eigenvalue weighted by molar-refractivity contribution is 7.59. The van der Waals surface area contributed by atoms with Crippen molar-refractivity contribution in [1.29, 1.82) is 0 Å². The molecule has 3 aromatic rings. The number of anilines is 2. The van der Waals surface area contributed by atoms with E-state index in [1.54, 1.807) is 0 Å². The molecule has 0 radical (unpaired) electrons. The molecular formula is C21H20F3N5O3S. The van der Waals surface area contributed by atoms with Crippen molar-refractivity contribution in [2.75, 3.05) is 23.9 Å². The number of alkyl halides is 3. The predicted molar refractivity (Wildman–Crippen MR) is 119 cm³/mol. The lowest BCUT2D eigenvalue weighted by Gasteiger charge is -2.32. The fraction of sp³-hybridized carbons (Fsp3) is 0.238. The van der Waals surface area contributed by atoms with E-state index in [1.807, 2.05) is 6.92 Å². The number of pyridine rings is 1. The molecule has 2 amide bonds. The zero-order chi connectivity index (χ0) is 23.0. The third-order valence-corrected chi connectivity index (χ3v) is 5.07. The number of halogens is 3. The standard InChI is InChI=1S/C21H18F3N5O3.H2S/c1-12-11-28(15-5-3-14(4-6-15)21(22,23)24)20(31)18-16(10-26-29(12)18)27-19(30)13-7-8-25-17(9-13)32-2;/h3-10,12H,11H2,1-2H3,(H,27,30);1H2/t12-;/m0./s1. The molecular weight excluding hydrogens is 459 g/mol. The van der Waals surface area contributed by atoms with Crippen molar-refractivity contribution in [2.45, 2.75) is 19.1 Å². The Hall–Kier alpha value is -3.54. The number of nitrogens with one attached hydrogen (secondary N) is 1. The summed E-state index contributed by atoms with van der Waals surface area (Å²) >= 11 is 0. The summed E-state index contributed by atoms with van der Waals surface area (Å²) < 4.78 is 45.1. The molecule has 8 nitrogen and oxygen atoms in total. The zero-order valence-corrected chi connectivity index (χ0v) is 18.6. The van der Waals surface area contributed by atoms with E-state index in [-0.39, 0.29) is 48.9 Å². The van der Waals surface area contributed by atoms with Gasteiger partial charge in [0.25, 0.3) is 11.8 Å². The summed E-state index contributed by atoms with van der Waals surface area (Å²) in [6, 6.07) is 7.03. The fourth-order valence-electron chi connectivity index (χ4n) is 3.46. The van der Waals surface area contributed by atoms with Gasteiger partial charge in [0.1, 0.15) is 0 Å². The Morgan fingerprint density at radius 1 is 1.21 bits per heavy atom. The first kappa shape index (κ1) is 24.1. The molecule has 0 spiro atoms. The molecule has 3 heterocycles. The van der Waals surface area contributed by atoms with Crippen LogP contribution in [-0.2, 0) is 6.18 Å². The number of amides is 2. The smallest absolute Gasteiger partial charge is 0.416 e. The van der Waals surface area contributed by atoms with Gasteiger partial charge in [-0.1, -0.05) is 0 Å². The quantitative estimate of drug-likeness (QED) is 0.613. The van der Waals surface area contributed by atoms with E-state index in [2.05, 4.69) is 15.4 Å². The summed E-state index contributed by atoms with van der Waals surface area (Å²) in [5.74, 6) is -0.718. The highest BCUT2D eigenvalue weighted by Gasteiger charge is 2.35. The maximum absolute atomic E-state index is 13.2. The molecule has 2 aromatic heterocycles. The molecule has 1 aliphatic heterocycles. The number of hydrogen-bond donors (Lipinski definition) is 1. The van der Waals surface area contributed by atoms with Gasteiger partial charge in [-0.3, -0.25) is 14.3 Å². The molecule has 0 saturated heterocycles. The first-order valence-electron chi connectivity index (χ1n) is 9.57. The Labute approximate surface area is 193 Å². The van der Waals surface area contributed by atoms with Crippen LogP contribution in [0.25, 0.3) is 0 Å². The van der Waals surface area contributed by atoms with Gasteiger partial charge in [0.05, 0.1) is 30.6 Å². The lowest BCUT2D eigenvalue weighted by atomic mass is 10.1. The van der Waals surface area contributed by atoms with Crippen LogP contribution in [0.5, 0.6) is 5.88 Å². The molecule has 0 saturated carbocycles. The molecule has 12 heteroatoms. The predicted octanol–water partition coefficient (Wildman–Crippen LogP) is 3.89. The largest absolute Gasteiger partial charge is 0.481 e. The van der Waals surface area contributed by atoms with Gasteiger partial charge in [-0.25, -0.2) is 4.98 Å². The van der Waals surface area contributed by atoms with E-state index in [1.165, 1.54) is 53.4 Å². The summed E-state index contributed by atoms with van der Waals surface area (Å²) in [5.41, 5.74) is 0.118. The average molecular weight is 479 g/mol. The van der Waals surface area contributed by atoms with E-state index in [0.717, 1.165) is 12.1 Å². The van der Waals surface area contributed by atoms with Gasteiger partial charge in [-0.05, 0) is 37.3 Å². The second kappa shape index (κ2) is 9.14. The van der Waals surface area contributed by atoms with Gasteiger partial charge in [-0.15, -0.1) is 0 Å². The van der Waals surface area contributed by atoms with Crippen molar-refractivity contribution in [3.8, 4) is 5.88 Å². The number of methoxy groups -OCH3 is 1. The Bertz CT molecular complexity index is 1180. The second-order valence-electron chi connectivity index (χ2n) is 7.20. The third kappa shape index (κ3) is 4.65. The van der Waals surface area contributed by atoms with Crippen LogP contribution in [0.4, 0.5) is 24.5 Å². The number of aromatic nitrogens is 3. The Morgan fingerprint density at radius 2 is 1.91 bits per heavy atom. The summed E-state index contributed by atoms with van der Waals surface area (Å²) in [5, 5.41) is 6.88. The monoisotopic (exact) mass is 479 g/mol. The molecule has 0 fully saturated rings. The minimum atomic E-state index is -4.47. The Balaban J connectivity index is 0.00000306. The van der Waals surface area contributed by atoms with Crippen LogP contribution in [0.15, 0.2) is 48.8 Å². The summed E-state index contributed by atoms with van der Waals surface area (Å²) in [6.45, 7) is 2.03. The highest BCUT2D eigenvalue weighted by atomic mass is 32.1. The number of hydrogen-bond acceptors (Lipinski definition) is 5. The van der Waals surface area contributed by atoms with Gasteiger partial charge >= 0.3 is 6.18 Å². The summed E-state index contributed by atoms with van der Waals surface area (Å²) in [7, 11) is 1.42. The van der Waals surface area contributed by atoms with Crippen molar-refractivity contribution in [3.63, 3.8) is 0 Å². The van der Waals surface area contributed by atoms with Gasteiger partial charge in [0.15, 0.2) is 5.69 Å². The van der Waals surface area contributed by atoms with E-state index < -0.39 is 23.6 Å². The van der Waals surface area contributed by atoms with Crippen LogP contribution < -0.4 is 15.0 Å². The van der Waals surface area contributed by atoms with E-state index >= 15 is 0 Å². The number of nitrogens with zero attached hydrogens (tertiary/aromatic N) is 4. The third-order valence-electron chi connectivity index (χ3n) is 5.07. The maximum Gasteiger partial charge on any atom is 0.416 e. The number of rotatable bonds is 4. The number of carbonyl (C=O) groups excluding carboxylic acids is 2. The topological polar surface area (TPSA) is 89.3 Å². The van der Waals surface area contributed by atoms with Crippen LogP contribution in [0.2, 0.25) is 0 Å². The van der Waals surface area contributed by atoms with Crippen LogP contribution in [-0.4, -0.2) is 40.2 Å². The number of ether oxygens (including phenoxy) is 1. The Kier molecular flexibility index (Phi) is 6.68. The number of fused-ring (bicyclic) bond motifs is 1. The minimum Gasteiger partial charge on any atom is -0.481 e. The van der Waals surface area contributed by atoms with Crippen molar-refractivity contribution >= 4 is 36.7 Å². The molecule has 4 rings (SSSR count). The molecule has 0 bridgehead atoms. The second-order valence-corrected chi connectivity index (χ2v) is 7.20. The van der Waals surface area contributed by atoms with E-state index in [4.69, 9.17) is 4.74 Å². The first-order chi connectivity index (χ1) is 15.2. The van der Waals surface area contributed by atoms with Crippen LogP contribution in [0.1, 0.15) is 39.4 Å². The van der Waals surface area contributed by atoms with Crippen LogP contribution >= 0.6 is 13.5 Å². The molecule has 0 unspecified atom stereocenters. The SMILES string of the molecule is COc1cc(C(=O)Nc2cnn3c2C(=O)N(c2ccc(C(F)(F)F)cc2)C[C@@H]3C)ccn1.S. The van der Waals surface area contributed by atoms with Crippen molar-refractivity contribution in [1.82, 2.24) is 14.8 Å². The summed E-state index contributed by atoms with van der Waals surface area (Å²) in [6.07, 6.45) is -1.68. The van der Waals surface area contributed by atoms with E-state index in [0.29, 0.717) is 5.69 Å². The molecule has 33 heavy (non-hydrogen) atoms. The van der Waals surface area contributed by atoms with Gasteiger partial charge in [0, 0.05) is 30.1 Å². The fourth-order valence-corrected chi connectivity index (χ4v) is 3.46. The molecule has 1 atom stereocenters. The highest BCUT2D eigenvalue weighted by Crippen LogP contribution is 2.33. The lowest BCUT2D eigenvalue weighted by Crippen LogP contribution is -2.43. The number of carbonyl (C=O) groups is 2. The normalized spacial score (nSPS) is 15.5. The van der Waals surface area contributed by atoms with Gasteiger partial charge in [-0.2, -0.15) is 31.8 Å². The van der Waals surface area contributed by atoms with Crippen molar-refractivity contribution in [2.24, 2.45) is 0 Å². The Morgan fingerprint density at radius 3 is 2.55 bits per heavy atom. The van der Waals surface area contributed by atoms with Crippen molar-refractivity contribution < 1.29 is 27.5 Å². The van der Waals surface area contributed by atoms with Gasteiger partial charge in [0.2, 0.25) is 5.88 Å². The maximum atomic E-state index is 13.2. The van der Waals surface area contributed by atoms with Crippen LogP contribution in [0.3, 0.4) is 0 Å². The molecule has 0 aliphatic carbocycles. The molecule has 174 valence electrons. The van der Waals surface area contributed by atoms with Crippen LogP contribution in [0, 0.1) is 0 Å². The zero-order valence-electron chi connectivity index (χ0n) is 17.6. The molecule has 1 aliphatic rings. The lowest BCUT2D eigenvalue weighted by molar-refractivity contribution is -0.137. The van der Waals surface area contributed by atoms with Gasteiger partial charge < -0.3 is 15.0 Å². The molecule has 1 aromatic carbocycles. The molecule has 1 N–H and O–H groups in total. The summed E-state index contributed by atoms with van der Waals surface area (Å²) in [4.78, 5) is 31.2. The van der Waals surface area contributed by atoms with Crippen molar-refractivity contribution in [3.05, 3.63) is 65.6 Å². The number of benzene rings is 1.